The molecule has 0 aliphatic carbocycles. The Balaban J connectivity index is 1.14. The molecule has 0 bridgehead atoms. The summed E-state index contributed by atoms with van der Waals surface area (Å²) in [6, 6.07) is 6.22. The normalized spacial score (nSPS) is 16.6. The first kappa shape index (κ1) is 26.8. The van der Waals surface area contributed by atoms with Crippen LogP contribution in [0.1, 0.15) is 64.9 Å². The van der Waals surface area contributed by atoms with E-state index < -0.39 is 11.9 Å². The third-order valence-corrected chi connectivity index (χ3v) is 6.43. The molecule has 4 rings (SSSR count). The molecule has 0 saturated carbocycles. The molecule has 2 aromatic rings. The zero-order valence-corrected chi connectivity index (χ0v) is 21.5. The van der Waals surface area contributed by atoms with Crippen LogP contribution in [0.2, 0.25) is 0 Å². The number of aromatic nitrogens is 2. The summed E-state index contributed by atoms with van der Waals surface area (Å²) in [5.74, 6) is -0.328. The number of benzene rings is 1. The van der Waals surface area contributed by atoms with E-state index in [0.717, 1.165) is 31.2 Å². The highest BCUT2D eigenvalue weighted by molar-refractivity contribution is 6.05. The fraction of sp³-hybridized carbons (Fsp3) is 0.462. The number of methoxy groups -OCH3 is 2. The molecular formula is C26H31N5O7. The molecule has 1 atom stereocenters. The summed E-state index contributed by atoms with van der Waals surface area (Å²) in [4.78, 5) is 58.2. The molecule has 202 valence electrons. The van der Waals surface area contributed by atoms with E-state index in [0.29, 0.717) is 37.4 Å². The van der Waals surface area contributed by atoms with Crippen LogP contribution in [0.25, 0.3) is 0 Å². The second-order valence-electron chi connectivity index (χ2n) is 9.02. The predicted molar refractivity (Wildman–Crippen MR) is 134 cm³/mol. The van der Waals surface area contributed by atoms with Gasteiger partial charge in [0.25, 0.3) is 11.8 Å². The highest BCUT2D eigenvalue weighted by atomic mass is 16.5. The van der Waals surface area contributed by atoms with Gasteiger partial charge in [-0.15, -0.1) is 0 Å². The van der Waals surface area contributed by atoms with Gasteiger partial charge in [0.2, 0.25) is 17.7 Å². The van der Waals surface area contributed by atoms with Gasteiger partial charge in [0, 0.05) is 31.1 Å². The van der Waals surface area contributed by atoms with Gasteiger partial charge in [-0.05, 0) is 43.0 Å². The maximum atomic E-state index is 12.8. The average Bonchev–Trinajstić information content (AvgIpc) is 3.24. The van der Waals surface area contributed by atoms with Crippen LogP contribution in [0, 0.1) is 0 Å². The lowest BCUT2D eigenvalue weighted by atomic mass is 10.0. The topological polar surface area (TPSA) is 149 Å². The molecule has 38 heavy (non-hydrogen) atoms. The highest BCUT2D eigenvalue weighted by Gasteiger charge is 2.39. The number of carbonyl (C=O) groups is 4. The van der Waals surface area contributed by atoms with Crippen molar-refractivity contribution >= 4 is 23.6 Å². The molecule has 2 aliphatic rings. The second-order valence-corrected chi connectivity index (χ2v) is 9.02. The minimum atomic E-state index is -0.631. The van der Waals surface area contributed by atoms with E-state index in [1.807, 2.05) is 6.07 Å². The summed E-state index contributed by atoms with van der Waals surface area (Å²) in [5.41, 5.74) is 1.55. The molecule has 12 nitrogen and oxygen atoms in total. The number of nitrogens with zero attached hydrogens (tertiary/aromatic N) is 3. The lowest BCUT2D eigenvalue weighted by Gasteiger charge is -2.29. The molecular weight excluding hydrogens is 494 g/mol. The summed E-state index contributed by atoms with van der Waals surface area (Å²) in [6.07, 6.45) is 4.05. The van der Waals surface area contributed by atoms with Crippen molar-refractivity contribution in [2.45, 2.75) is 51.1 Å². The van der Waals surface area contributed by atoms with Gasteiger partial charge >= 0.3 is 6.01 Å². The molecule has 2 N–H and O–H groups in total. The number of rotatable bonds is 12. The third-order valence-electron chi connectivity index (χ3n) is 6.43. The Morgan fingerprint density at radius 2 is 1.89 bits per heavy atom. The first-order valence-corrected chi connectivity index (χ1v) is 12.5. The lowest BCUT2D eigenvalue weighted by molar-refractivity contribution is -0.136. The van der Waals surface area contributed by atoms with E-state index in [1.165, 1.54) is 25.2 Å². The zero-order valence-electron chi connectivity index (χ0n) is 21.5. The summed E-state index contributed by atoms with van der Waals surface area (Å²) >= 11 is 0. The van der Waals surface area contributed by atoms with Crippen molar-refractivity contribution in [1.29, 1.82) is 0 Å². The first-order chi connectivity index (χ1) is 18.4. The smallest absolute Gasteiger partial charge is 0.320 e. The van der Waals surface area contributed by atoms with Gasteiger partial charge in [0.05, 0.1) is 20.8 Å². The van der Waals surface area contributed by atoms with Crippen molar-refractivity contribution in [1.82, 2.24) is 25.5 Å². The molecule has 1 unspecified atom stereocenters. The van der Waals surface area contributed by atoms with Gasteiger partial charge in [-0.25, -0.2) is 0 Å². The summed E-state index contributed by atoms with van der Waals surface area (Å²) < 4.78 is 15.9. The van der Waals surface area contributed by atoms with E-state index in [1.54, 1.807) is 12.1 Å². The number of amides is 4. The molecule has 3 heterocycles. The Kier molecular flexibility index (Phi) is 8.72. The van der Waals surface area contributed by atoms with E-state index in [9.17, 15) is 19.2 Å². The van der Waals surface area contributed by atoms with Crippen LogP contribution in [0.5, 0.6) is 17.6 Å². The van der Waals surface area contributed by atoms with Gasteiger partial charge in [-0.2, -0.15) is 9.97 Å². The Labute approximate surface area is 220 Å². The number of nitrogens with one attached hydrogen (secondary N) is 2. The second kappa shape index (κ2) is 12.3. The van der Waals surface area contributed by atoms with Crippen molar-refractivity contribution in [3.63, 3.8) is 0 Å². The van der Waals surface area contributed by atoms with Crippen LogP contribution in [0.15, 0.2) is 24.3 Å². The maximum Gasteiger partial charge on any atom is 0.320 e. The molecule has 12 heteroatoms. The number of hydrogen-bond donors (Lipinski definition) is 2. The first-order valence-electron chi connectivity index (χ1n) is 12.5. The number of piperidine rings is 1. The van der Waals surface area contributed by atoms with Crippen LogP contribution in [0.3, 0.4) is 0 Å². The minimum Gasteiger partial charge on any atom is -0.494 e. The van der Waals surface area contributed by atoms with Crippen LogP contribution < -0.4 is 24.8 Å². The Morgan fingerprint density at radius 1 is 1.08 bits per heavy atom. The number of ether oxygens (including phenoxy) is 3. The average molecular weight is 526 g/mol. The molecule has 4 amide bonds. The molecule has 1 aromatic carbocycles. The van der Waals surface area contributed by atoms with E-state index in [-0.39, 0.29) is 41.7 Å². The van der Waals surface area contributed by atoms with Gasteiger partial charge in [-0.1, -0.05) is 12.8 Å². The van der Waals surface area contributed by atoms with Crippen LogP contribution in [0.4, 0.5) is 0 Å². The van der Waals surface area contributed by atoms with Gasteiger partial charge in [0.15, 0.2) is 0 Å². The third kappa shape index (κ3) is 6.36. The van der Waals surface area contributed by atoms with E-state index in [4.69, 9.17) is 14.2 Å². The monoisotopic (exact) mass is 525 g/mol. The van der Waals surface area contributed by atoms with Crippen LogP contribution in [-0.2, 0) is 16.1 Å². The minimum absolute atomic E-state index is 0.0658. The van der Waals surface area contributed by atoms with Crippen molar-refractivity contribution in [3.05, 3.63) is 41.1 Å². The number of carbonyl (C=O) groups excluding carboxylic acids is 4. The van der Waals surface area contributed by atoms with Crippen molar-refractivity contribution < 1.29 is 33.4 Å². The Hall–Kier alpha value is -4.22. The standard InChI is InChI=1S/C26H31N5O7/c1-36-22-14-19(28-26(30-22)37-2)23(33)27-11-5-3-4-6-12-38-17-7-8-18-16(13-17)15-31(25(18)35)20-9-10-21(32)29-24(20)34/h7-8,13-14,20H,3-6,9-12,15H2,1-2H3,(H,27,33)(H,29,32,34). The van der Waals surface area contributed by atoms with Crippen molar-refractivity contribution in [3.8, 4) is 17.6 Å². The molecule has 1 fully saturated rings. The number of fused-ring (bicyclic) bond motifs is 1. The molecule has 0 radical (unpaired) electrons. The van der Waals surface area contributed by atoms with Crippen LogP contribution in [-0.4, -0.2) is 71.9 Å². The Bertz CT molecular complexity index is 1200. The summed E-state index contributed by atoms with van der Waals surface area (Å²) in [5, 5.41) is 5.14. The fourth-order valence-corrected chi connectivity index (χ4v) is 4.42. The van der Waals surface area contributed by atoms with Crippen LogP contribution >= 0.6 is 0 Å². The highest BCUT2D eigenvalue weighted by Crippen LogP contribution is 2.30. The lowest BCUT2D eigenvalue weighted by Crippen LogP contribution is -2.52. The fourth-order valence-electron chi connectivity index (χ4n) is 4.42. The van der Waals surface area contributed by atoms with E-state index in [2.05, 4.69) is 20.6 Å². The molecule has 2 aliphatic heterocycles. The van der Waals surface area contributed by atoms with Gasteiger partial charge in [0.1, 0.15) is 17.5 Å². The molecule has 0 spiro atoms. The van der Waals surface area contributed by atoms with Crippen molar-refractivity contribution in [2.75, 3.05) is 27.4 Å². The van der Waals surface area contributed by atoms with Gasteiger partial charge < -0.3 is 24.4 Å². The predicted octanol–water partition coefficient (Wildman–Crippen LogP) is 1.62. The Morgan fingerprint density at radius 3 is 2.66 bits per heavy atom. The zero-order chi connectivity index (χ0) is 27.1. The SMILES string of the molecule is COc1cc(C(=O)NCCCCCCOc2ccc3c(c2)CN(C2CCC(=O)NC2=O)C3=O)nc(OC)n1. The quantitative estimate of drug-likeness (QED) is 0.311. The number of imide groups is 1. The molecule has 1 saturated heterocycles. The maximum absolute atomic E-state index is 12.8. The largest absolute Gasteiger partial charge is 0.494 e. The van der Waals surface area contributed by atoms with Crippen molar-refractivity contribution in [2.24, 2.45) is 0 Å². The summed E-state index contributed by atoms with van der Waals surface area (Å²) in [6.45, 7) is 1.35. The number of unbranched alkanes of at least 4 members (excludes halogenated alkanes) is 3. The van der Waals surface area contributed by atoms with Gasteiger partial charge in [-0.3, -0.25) is 24.5 Å². The molecule has 1 aromatic heterocycles. The summed E-state index contributed by atoms with van der Waals surface area (Å²) in [7, 11) is 2.87. The van der Waals surface area contributed by atoms with E-state index >= 15 is 0 Å². The number of hydrogen-bond acceptors (Lipinski definition) is 9.